The van der Waals surface area contributed by atoms with Crippen LogP contribution in [0.5, 0.6) is 0 Å². The highest BCUT2D eigenvalue weighted by Crippen LogP contribution is 2.34. The average Bonchev–Trinajstić information content (AvgIpc) is 3.08. The van der Waals surface area contributed by atoms with Crippen molar-refractivity contribution in [2.45, 2.75) is 58.0 Å². The van der Waals surface area contributed by atoms with Crippen molar-refractivity contribution in [3.05, 3.63) is 11.9 Å². The minimum absolute atomic E-state index is 0.293. The monoisotopic (exact) mass is 262 g/mol. The van der Waals surface area contributed by atoms with Gasteiger partial charge in [-0.25, -0.2) is 4.98 Å². The minimum Gasteiger partial charge on any atom is -0.342 e. The molecular weight excluding hydrogens is 236 g/mol. The fourth-order valence-electron chi connectivity index (χ4n) is 3.59. The predicted molar refractivity (Wildman–Crippen MR) is 78.4 cm³/mol. The molecule has 0 radical (unpaired) electrons. The standard InChI is InChI=1S/C15H26N4/c1-11-9-19(14-5-3-4-6-14)15(17-11)18-8-7-13(10-18)12(2)16/h9,12-14H,3-8,10,16H2,1-2H3. The molecule has 1 saturated carbocycles. The van der Waals surface area contributed by atoms with E-state index in [1.54, 1.807) is 0 Å². The Hall–Kier alpha value is -1.03. The van der Waals surface area contributed by atoms with Crippen LogP contribution in [0.25, 0.3) is 0 Å². The lowest BCUT2D eigenvalue weighted by atomic mass is 10.0. The molecule has 2 N–H and O–H groups in total. The molecule has 1 aliphatic heterocycles. The molecule has 2 unspecified atom stereocenters. The second-order valence-electron chi connectivity index (χ2n) is 6.38. The SMILES string of the molecule is Cc1cn(C2CCCC2)c(N2CCC(C(C)N)C2)n1. The molecule has 1 aromatic rings. The van der Waals surface area contributed by atoms with E-state index >= 15 is 0 Å². The van der Waals surface area contributed by atoms with Gasteiger partial charge >= 0.3 is 0 Å². The molecule has 3 rings (SSSR count). The average molecular weight is 262 g/mol. The van der Waals surface area contributed by atoms with Gasteiger partial charge in [-0.1, -0.05) is 12.8 Å². The molecule has 2 atom stereocenters. The first-order valence-corrected chi connectivity index (χ1v) is 7.71. The molecule has 0 aromatic carbocycles. The molecule has 2 aliphatic rings. The van der Waals surface area contributed by atoms with E-state index in [9.17, 15) is 0 Å². The molecule has 0 amide bonds. The highest BCUT2D eigenvalue weighted by atomic mass is 15.3. The van der Waals surface area contributed by atoms with E-state index in [0.717, 1.165) is 18.8 Å². The van der Waals surface area contributed by atoms with Crippen molar-refractivity contribution in [2.75, 3.05) is 18.0 Å². The van der Waals surface area contributed by atoms with Gasteiger partial charge in [-0.05, 0) is 39.0 Å². The third-order valence-electron chi connectivity index (χ3n) is 4.80. The Balaban J connectivity index is 1.80. The highest BCUT2D eigenvalue weighted by Gasteiger charge is 2.30. The fourth-order valence-corrected chi connectivity index (χ4v) is 3.59. The van der Waals surface area contributed by atoms with Gasteiger partial charge in [-0.2, -0.15) is 0 Å². The van der Waals surface area contributed by atoms with Gasteiger partial charge in [-0.3, -0.25) is 0 Å². The van der Waals surface area contributed by atoms with Crippen LogP contribution in [0.2, 0.25) is 0 Å². The predicted octanol–water partition coefficient (Wildman–Crippen LogP) is 2.48. The first kappa shape index (κ1) is 13.0. The number of nitrogens with two attached hydrogens (primary N) is 1. The smallest absolute Gasteiger partial charge is 0.205 e. The lowest BCUT2D eigenvalue weighted by molar-refractivity contribution is 0.483. The molecule has 1 aliphatic carbocycles. The molecule has 2 fully saturated rings. The van der Waals surface area contributed by atoms with Crippen LogP contribution in [0.4, 0.5) is 5.95 Å². The van der Waals surface area contributed by atoms with E-state index in [-0.39, 0.29) is 0 Å². The van der Waals surface area contributed by atoms with E-state index in [2.05, 4.69) is 29.5 Å². The summed E-state index contributed by atoms with van der Waals surface area (Å²) < 4.78 is 2.44. The van der Waals surface area contributed by atoms with Crippen LogP contribution < -0.4 is 10.6 Å². The van der Waals surface area contributed by atoms with Gasteiger partial charge in [-0.15, -0.1) is 0 Å². The van der Waals surface area contributed by atoms with E-state index < -0.39 is 0 Å². The van der Waals surface area contributed by atoms with Crippen LogP contribution in [-0.4, -0.2) is 28.7 Å². The van der Waals surface area contributed by atoms with Crippen LogP contribution in [0.15, 0.2) is 6.20 Å². The maximum Gasteiger partial charge on any atom is 0.205 e. The number of hydrogen-bond acceptors (Lipinski definition) is 3. The Kier molecular flexibility index (Phi) is 3.52. The van der Waals surface area contributed by atoms with Gasteiger partial charge in [0, 0.05) is 31.4 Å². The third-order valence-corrected chi connectivity index (χ3v) is 4.80. The molecule has 0 spiro atoms. The first-order valence-electron chi connectivity index (χ1n) is 7.71. The number of imidazole rings is 1. The second-order valence-corrected chi connectivity index (χ2v) is 6.38. The summed E-state index contributed by atoms with van der Waals surface area (Å²) in [5, 5.41) is 0. The largest absolute Gasteiger partial charge is 0.342 e. The number of rotatable bonds is 3. The summed E-state index contributed by atoms with van der Waals surface area (Å²) in [6.45, 7) is 6.41. The molecule has 4 nitrogen and oxygen atoms in total. The van der Waals surface area contributed by atoms with E-state index in [1.165, 1.54) is 38.1 Å². The van der Waals surface area contributed by atoms with E-state index in [4.69, 9.17) is 10.7 Å². The van der Waals surface area contributed by atoms with Gasteiger partial charge in [0.05, 0.1) is 5.69 Å². The number of nitrogens with zero attached hydrogens (tertiary/aromatic N) is 3. The van der Waals surface area contributed by atoms with Crippen molar-refractivity contribution in [2.24, 2.45) is 11.7 Å². The molecule has 1 aromatic heterocycles. The van der Waals surface area contributed by atoms with Crippen molar-refractivity contribution in [1.29, 1.82) is 0 Å². The quantitative estimate of drug-likeness (QED) is 0.910. The van der Waals surface area contributed by atoms with Crippen molar-refractivity contribution in [3.63, 3.8) is 0 Å². The summed E-state index contributed by atoms with van der Waals surface area (Å²) in [6.07, 6.45) is 8.80. The topological polar surface area (TPSA) is 47.1 Å². The van der Waals surface area contributed by atoms with Crippen LogP contribution in [0, 0.1) is 12.8 Å². The summed E-state index contributed by atoms with van der Waals surface area (Å²) in [4.78, 5) is 7.22. The second kappa shape index (κ2) is 5.16. The summed E-state index contributed by atoms with van der Waals surface area (Å²) in [5.41, 5.74) is 7.19. The Bertz CT molecular complexity index is 431. The maximum atomic E-state index is 6.05. The first-order chi connectivity index (χ1) is 9.15. The summed E-state index contributed by atoms with van der Waals surface area (Å²) in [5.74, 6) is 1.81. The van der Waals surface area contributed by atoms with E-state index in [1.807, 2.05) is 0 Å². The van der Waals surface area contributed by atoms with Crippen LogP contribution in [0.3, 0.4) is 0 Å². The minimum atomic E-state index is 0.293. The zero-order valence-electron chi connectivity index (χ0n) is 12.2. The van der Waals surface area contributed by atoms with Gasteiger partial charge in [0.1, 0.15) is 0 Å². The molecule has 106 valence electrons. The van der Waals surface area contributed by atoms with Crippen LogP contribution >= 0.6 is 0 Å². The molecule has 4 heteroatoms. The van der Waals surface area contributed by atoms with Crippen molar-refractivity contribution in [3.8, 4) is 0 Å². The summed E-state index contributed by atoms with van der Waals surface area (Å²) >= 11 is 0. The Morgan fingerprint density at radius 2 is 2.05 bits per heavy atom. The molecule has 1 saturated heterocycles. The van der Waals surface area contributed by atoms with Crippen LogP contribution in [-0.2, 0) is 0 Å². The van der Waals surface area contributed by atoms with Gasteiger partial charge in [0.15, 0.2) is 0 Å². The number of anilines is 1. The van der Waals surface area contributed by atoms with Gasteiger partial charge in [0.25, 0.3) is 0 Å². The Labute approximate surface area is 116 Å². The third kappa shape index (κ3) is 2.50. The van der Waals surface area contributed by atoms with E-state index in [0.29, 0.717) is 18.0 Å². The van der Waals surface area contributed by atoms with Crippen LogP contribution in [0.1, 0.15) is 50.8 Å². The fraction of sp³-hybridized carbons (Fsp3) is 0.800. The Morgan fingerprint density at radius 3 is 2.68 bits per heavy atom. The maximum absolute atomic E-state index is 6.05. The Morgan fingerprint density at radius 1 is 1.32 bits per heavy atom. The zero-order valence-corrected chi connectivity index (χ0v) is 12.2. The number of aromatic nitrogens is 2. The summed E-state index contributed by atoms with van der Waals surface area (Å²) in [7, 11) is 0. The lowest BCUT2D eigenvalue weighted by Gasteiger charge is -2.23. The zero-order chi connectivity index (χ0) is 13.4. The van der Waals surface area contributed by atoms with Gasteiger partial charge < -0.3 is 15.2 Å². The number of hydrogen-bond donors (Lipinski definition) is 1. The summed E-state index contributed by atoms with van der Waals surface area (Å²) in [6, 6.07) is 0.964. The molecular formula is C15H26N4. The van der Waals surface area contributed by atoms with Gasteiger partial charge in [0.2, 0.25) is 5.95 Å². The molecule has 2 heterocycles. The number of aryl methyl sites for hydroxylation is 1. The molecule has 19 heavy (non-hydrogen) atoms. The normalized spacial score (nSPS) is 26.3. The molecule has 0 bridgehead atoms. The van der Waals surface area contributed by atoms with Crippen molar-refractivity contribution < 1.29 is 0 Å². The van der Waals surface area contributed by atoms with Crippen molar-refractivity contribution >= 4 is 5.95 Å². The lowest BCUT2D eigenvalue weighted by Crippen LogP contribution is -2.31. The highest BCUT2D eigenvalue weighted by molar-refractivity contribution is 5.36. The van der Waals surface area contributed by atoms with Crippen molar-refractivity contribution in [1.82, 2.24) is 9.55 Å².